The Bertz CT molecular complexity index is 1410. The Hall–Kier alpha value is -4.04. The Kier molecular flexibility index (Phi) is 6.05. The molecule has 1 unspecified atom stereocenters. The van der Waals surface area contributed by atoms with Crippen molar-refractivity contribution in [2.75, 3.05) is 12.0 Å². The van der Waals surface area contributed by atoms with Crippen LogP contribution < -0.4 is 15.0 Å². The Morgan fingerprint density at radius 2 is 1.77 bits per heavy atom. The maximum absolute atomic E-state index is 13.6. The van der Waals surface area contributed by atoms with Crippen LogP contribution in [0, 0.1) is 12.7 Å². The molecule has 2 heterocycles. The minimum Gasteiger partial charge on any atom is -0.497 e. The molecule has 0 amide bonds. The van der Waals surface area contributed by atoms with E-state index in [0.717, 1.165) is 39.4 Å². The van der Waals surface area contributed by atoms with E-state index in [1.807, 2.05) is 67.3 Å². The maximum Gasteiger partial charge on any atom is 0.258 e. The summed E-state index contributed by atoms with van der Waals surface area (Å²) >= 11 is 5.74. The number of nitrogens with zero attached hydrogens (tertiary/aromatic N) is 3. The number of halogens is 1. The predicted octanol–water partition coefficient (Wildman–Crippen LogP) is 6.06. The minimum absolute atomic E-state index is 0.317. The van der Waals surface area contributed by atoms with Crippen molar-refractivity contribution in [1.82, 2.24) is 15.5 Å². The van der Waals surface area contributed by atoms with Gasteiger partial charge in [0.05, 0.1) is 18.7 Å². The molecule has 1 N–H and O–H groups in total. The topological polar surface area (TPSA) is 63.4 Å². The zero-order valence-corrected chi connectivity index (χ0v) is 20.3. The molecule has 8 heteroatoms. The standard InChI is InChI=1S/C27H23FN4O2S/c1-16-5-4-6-19(15-16)25-30-26(34-31-25)23-17(2)32(21-11-9-20(28)10-12-21)27(35)29-24(23)18-7-13-22(33-3)14-8-18/h4-15,24H,1-3H3,(H,29,35). The zero-order valence-electron chi connectivity index (χ0n) is 19.4. The number of rotatable bonds is 5. The van der Waals surface area contributed by atoms with Crippen LogP contribution in [0.1, 0.15) is 30.0 Å². The molecule has 1 aliphatic heterocycles. The Morgan fingerprint density at radius 3 is 2.46 bits per heavy atom. The molecule has 176 valence electrons. The van der Waals surface area contributed by atoms with Crippen LogP contribution in [0.15, 0.2) is 83.0 Å². The zero-order chi connectivity index (χ0) is 24.5. The van der Waals surface area contributed by atoms with Crippen LogP contribution in [-0.4, -0.2) is 22.4 Å². The number of allylic oxidation sites excluding steroid dienone is 1. The number of nitrogens with one attached hydrogen (secondary N) is 1. The van der Waals surface area contributed by atoms with Crippen LogP contribution in [0.3, 0.4) is 0 Å². The fraction of sp³-hybridized carbons (Fsp3) is 0.148. The lowest BCUT2D eigenvalue weighted by Crippen LogP contribution is -2.46. The summed E-state index contributed by atoms with van der Waals surface area (Å²) in [7, 11) is 1.63. The van der Waals surface area contributed by atoms with Gasteiger partial charge in [0.25, 0.3) is 5.89 Å². The van der Waals surface area contributed by atoms with E-state index in [1.54, 1.807) is 19.2 Å². The summed E-state index contributed by atoms with van der Waals surface area (Å²) in [5.74, 6) is 1.31. The van der Waals surface area contributed by atoms with E-state index in [-0.39, 0.29) is 11.9 Å². The van der Waals surface area contributed by atoms with Crippen molar-refractivity contribution in [2.24, 2.45) is 0 Å². The monoisotopic (exact) mass is 486 g/mol. The normalized spacial score (nSPS) is 15.8. The van der Waals surface area contributed by atoms with Gasteiger partial charge in [-0.2, -0.15) is 4.98 Å². The van der Waals surface area contributed by atoms with Crippen LogP contribution in [-0.2, 0) is 0 Å². The first-order valence-electron chi connectivity index (χ1n) is 11.1. The van der Waals surface area contributed by atoms with Gasteiger partial charge in [0, 0.05) is 16.9 Å². The smallest absolute Gasteiger partial charge is 0.258 e. The van der Waals surface area contributed by atoms with Crippen LogP contribution in [0.2, 0.25) is 0 Å². The van der Waals surface area contributed by atoms with E-state index < -0.39 is 0 Å². The first-order valence-corrected chi connectivity index (χ1v) is 11.5. The maximum atomic E-state index is 13.6. The molecule has 1 aromatic heterocycles. The van der Waals surface area contributed by atoms with Crippen LogP contribution >= 0.6 is 12.2 Å². The number of hydrogen-bond acceptors (Lipinski definition) is 5. The summed E-state index contributed by atoms with van der Waals surface area (Å²) in [5.41, 5.74) is 5.24. The van der Waals surface area contributed by atoms with Crippen molar-refractivity contribution in [3.63, 3.8) is 0 Å². The second-order valence-corrected chi connectivity index (χ2v) is 8.65. The molecule has 0 bridgehead atoms. The van der Waals surface area contributed by atoms with Gasteiger partial charge in [0.1, 0.15) is 11.6 Å². The lowest BCUT2D eigenvalue weighted by atomic mass is 9.94. The third-order valence-corrected chi connectivity index (χ3v) is 6.25. The highest BCUT2D eigenvalue weighted by Crippen LogP contribution is 2.39. The average molecular weight is 487 g/mol. The van der Waals surface area contributed by atoms with Crippen LogP contribution in [0.4, 0.5) is 10.1 Å². The van der Waals surface area contributed by atoms with Gasteiger partial charge in [-0.3, -0.25) is 4.90 Å². The minimum atomic E-state index is -0.337. The average Bonchev–Trinajstić information content (AvgIpc) is 3.35. The predicted molar refractivity (Wildman–Crippen MR) is 137 cm³/mol. The van der Waals surface area contributed by atoms with Gasteiger partial charge in [-0.25, -0.2) is 4.39 Å². The quantitative estimate of drug-likeness (QED) is 0.344. The number of aryl methyl sites for hydroxylation is 1. The van der Waals surface area contributed by atoms with Gasteiger partial charge in [-0.05, 0) is 74.1 Å². The molecule has 4 aromatic rings. The van der Waals surface area contributed by atoms with Crippen molar-refractivity contribution in [1.29, 1.82) is 0 Å². The van der Waals surface area contributed by atoms with E-state index in [2.05, 4.69) is 10.5 Å². The highest BCUT2D eigenvalue weighted by Gasteiger charge is 2.34. The molecule has 3 aromatic carbocycles. The van der Waals surface area contributed by atoms with Gasteiger partial charge < -0.3 is 14.6 Å². The third-order valence-electron chi connectivity index (χ3n) is 5.95. The molecule has 0 spiro atoms. The lowest BCUT2D eigenvalue weighted by Gasteiger charge is -2.37. The second kappa shape index (κ2) is 9.31. The molecule has 5 rings (SSSR count). The summed E-state index contributed by atoms with van der Waals surface area (Å²) in [6.45, 7) is 3.96. The number of methoxy groups -OCH3 is 1. The fourth-order valence-corrected chi connectivity index (χ4v) is 4.56. The molecule has 0 aliphatic carbocycles. The van der Waals surface area contributed by atoms with E-state index in [4.69, 9.17) is 26.5 Å². The fourth-order valence-electron chi connectivity index (χ4n) is 4.20. The summed E-state index contributed by atoms with van der Waals surface area (Å²) in [5, 5.41) is 8.14. The van der Waals surface area contributed by atoms with E-state index >= 15 is 0 Å². The van der Waals surface area contributed by atoms with Gasteiger partial charge >= 0.3 is 0 Å². The molecule has 0 saturated heterocycles. The van der Waals surface area contributed by atoms with Crippen LogP contribution in [0.5, 0.6) is 5.75 Å². The van der Waals surface area contributed by atoms with Gasteiger partial charge in [0.2, 0.25) is 5.82 Å². The highest BCUT2D eigenvalue weighted by atomic mass is 32.1. The number of anilines is 1. The molecule has 6 nitrogen and oxygen atoms in total. The van der Waals surface area contributed by atoms with Crippen molar-refractivity contribution >= 4 is 28.6 Å². The summed E-state index contributed by atoms with van der Waals surface area (Å²) in [6, 6.07) is 21.5. The number of ether oxygens (including phenoxy) is 1. The van der Waals surface area contributed by atoms with Gasteiger partial charge in [0.15, 0.2) is 5.11 Å². The molecular weight excluding hydrogens is 463 g/mol. The number of hydrogen-bond donors (Lipinski definition) is 1. The lowest BCUT2D eigenvalue weighted by molar-refractivity contribution is 0.404. The molecule has 1 aliphatic rings. The summed E-state index contributed by atoms with van der Waals surface area (Å²) in [6.07, 6.45) is 0. The van der Waals surface area contributed by atoms with Gasteiger partial charge in [-0.1, -0.05) is 41.1 Å². The molecule has 0 radical (unpaired) electrons. The van der Waals surface area contributed by atoms with E-state index in [9.17, 15) is 4.39 Å². The molecule has 35 heavy (non-hydrogen) atoms. The highest BCUT2D eigenvalue weighted by molar-refractivity contribution is 7.80. The molecule has 1 atom stereocenters. The number of thiocarbonyl (C=S) groups is 1. The SMILES string of the molecule is COc1ccc(C2NC(=S)N(c3ccc(F)cc3)C(C)=C2c2nc(-c3cccc(C)c3)no2)cc1. The summed E-state index contributed by atoms with van der Waals surface area (Å²) < 4.78 is 24.7. The second-order valence-electron chi connectivity index (χ2n) is 8.26. The van der Waals surface area contributed by atoms with Crippen molar-refractivity contribution in [3.05, 3.63) is 101 Å². The van der Waals surface area contributed by atoms with E-state index in [0.29, 0.717) is 16.8 Å². The van der Waals surface area contributed by atoms with E-state index in [1.165, 1.54) is 12.1 Å². The number of benzene rings is 3. The third kappa shape index (κ3) is 4.40. The molecular formula is C27H23FN4O2S. The largest absolute Gasteiger partial charge is 0.497 e. The Morgan fingerprint density at radius 1 is 1.03 bits per heavy atom. The first kappa shape index (κ1) is 22.7. The Balaban J connectivity index is 1.64. The molecule has 0 saturated carbocycles. The molecule has 0 fully saturated rings. The van der Waals surface area contributed by atoms with Crippen molar-refractivity contribution in [2.45, 2.75) is 19.9 Å². The van der Waals surface area contributed by atoms with Crippen molar-refractivity contribution in [3.8, 4) is 17.1 Å². The number of aromatic nitrogens is 2. The Labute approximate surface area is 208 Å². The summed E-state index contributed by atoms with van der Waals surface area (Å²) in [4.78, 5) is 6.59. The first-order chi connectivity index (χ1) is 16.9. The van der Waals surface area contributed by atoms with Gasteiger partial charge in [-0.15, -0.1) is 0 Å². The van der Waals surface area contributed by atoms with Crippen LogP contribution in [0.25, 0.3) is 17.0 Å². The van der Waals surface area contributed by atoms with Crippen molar-refractivity contribution < 1.29 is 13.7 Å².